The molecule has 3 nitrogen and oxygen atoms in total. The summed E-state index contributed by atoms with van der Waals surface area (Å²) in [6, 6.07) is 9.39. The van der Waals surface area contributed by atoms with Crippen LogP contribution < -0.4 is 0 Å². The van der Waals surface area contributed by atoms with Gasteiger partial charge in [0.25, 0.3) is 0 Å². The van der Waals surface area contributed by atoms with Crippen molar-refractivity contribution < 1.29 is 4.74 Å². The Balaban J connectivity index is 1.72. The number of rotatable bonds is 1. The maximum atomic E-state index is 6.32. The summed E-state index contributed by atoms with van der Waals surface area (Å²) in [6.45, 7) is 6.37. The molecular formula is C20H22N2O. The van der Waals surface area contributed by atoms with Gasteiger partial charge >= 0.3 is 0 Å². The third kappa shape index (κ3) is 1.15. The van der Waals surface area contributed by atoms with E-state index in [2.05, 4.69) is 48.9 Å². The number of para-hydroxylation sites is 1. The fourth-order valence-electron chi connectivity index (χ4n) is 6.95. The molecule has 5 bridgehead atoms. The predicted molar refractivity (Wildman–Crippen MR) is 90.2 cm³/mol. The van der Waals surface area contributed by atoms with E-state index in [-0.39, 0.29) is 16.9 Å². The van der Waals surface area contributed by atoms with Gasteiger partial charge in [-0.05, 0) is 37.4 Å². The van der Waals surface area contributed by atoms with Crippen LogP contribution >= 0.6 is 0 Å². The summed E-state index contributed by atoms with van der Waals surface area (Å²) in [5.41, 5.74) is 4.07. The Morgan fingerprint density at radius 2 is 2.26 bits per heavy atom. The summed E-state index contributed by atoms with van der Waals surface area (Å²) in [6.07, 6.45) is 4.85. The average Bonchev–Trinajstić information content (AvgIpc) is 2.90. The minimum absolute atomic E-state index is 0.0347. The molecule has 1 aromatic carbocycles. The van der Waals surface area contributed by atoms with Crippen molar-refractivity contribution in [2.45, 2.75) is 30.4 Å². The Labute approximate surface area is 137 Å². The van der Waals surface area contributed by atoms with Gasteiger partial charge in [-0.1, -0.05) is 24.3 Å². The summed E-state index contributed by atoms with van der Waals surface area (Å²) >= 11 is 0. The number of nitrogens with zero attached hydrogens (tertiary/aromatic N) is 2. The van der Waals surface area contributed by atoms with Crippen LogP contribution in [0.5, 0.6) is 0 Å². The van der Waals surface area contributed by atoms with Gasteiger partial charge in [-0.15, -0.1) is 6.58 Å². The number of piperidine rings is 2. The molecule has 2 saturated carbocycles. The zero-order chi connectivity index (χ0) is 15.4. The molecule has 118 valence electrons. The molecular weight excluding hydrogens is 284 g/mol. The average molecular weight is 306 g/mol. The zero-order valence-electron chi connectivity index (χ0n) is 13.5. The summed E-state index contributed by atoms with van der Waals surface area (Å²) in [5, 5.41) is 0. The Morgan fingerprint density at radius 1 is 1.39 bits per heavy atom. The van der Waals surface area contributed by atoms with Gasteiger partial charge in [-0.3, -0.25) is 4.99 Å². The number of fused-ring (bicyclic) bond motifs is 4. The molecule has 6 atom stereocenters. The number of aliphatic imine (C=N–C) groups is 1. The molecule has 0 radical (unpaired) electrons. The van der Waals surface area contributed by atoms with Crippen LogP contribution in [0.15, 0.2) is 41.9 Å². The molecule has 3 heteroatoms. The predicted octanol–water partition coefficient (Wildman–Crippen LogP) is 2.94. The molecule has 0 amide bonds. The second kappa shape index (κ2) is 3.79. The SMILES string of the molecule is C=C[C@@]12CN(C)[C@H]3C[C@]14C(=Nc1ccccc14)[C@@H]1C[C@@H]2[C@@H]3CO1. The van der Waals surface area contributed by atoms with Crippen molar-refractivity contribution in [3.63, 3.8) is 0 Å². The molecule has 4 heterocycles. The van der Waals surface area contributed by atoms with Gasteiger partial charge in [0, 0.05) is 23.9 Å². The van der Waals surface area contributed by atoms with E-state index in [1.807, 2.05) is 0 Å². The minimum Gasteiger partial charge on any atom is -0.372 e. The first kappa shape index (κ1) is 12.9. The topological polar surface area (TPSA) is 24.8 Å². The fraction of sp³-hybridized carbons (Fsp3) is 0.550. The van der Waals surface area contributed by atoms with Crippen LogP contribution in [-0.4, -0.2) is 43.0 Å². The van der Waals surface area contributed by atoms with Crippen LogP contribution in [0.3, 0.4) is 0 Å². The lowest BCUT2D eigenvalue weighted by molar-refractivity contribution is -0.190. The lowest BCUT2D eigenvalue weighted by Gasteiger charge is -2.72. The third-order valence-corrected chi connectivity index (χ3v) is 7.73. The smallest absolute Gasteiger partial charge is 0.0968 e. The molecule has 3 saturated heterocycles. The van der Waals surface area contributed by atoms with Crippen LogP contribution in [0.4, 0.5) is 5.69 Å². The monoisotopic (exact) mass is 306 g/mol. The molecule has 0 unspecified atom stereocenters. The van der Waals surface area contributed by atoms with E-state index in [0.29, 0.717) is 17.9 Å². The van der Waals surface area contributed by atoms with Crippen LogP contribution in [0.25, 0.3) is 0 Å². The molecule has 1 aromatic rings. The first-order valence-electron chi connectivity index (χ1n) is 8.85. The van der Waals surface area contributed by atoms with Crippen LogP contribution in [0, 0.1) is 17.3 Å². The summed E-state index contributed by atoms with van der Waals surface area (Å²) < 4.78 is 6.32. The van der Waals surface area contributed by atoms with Crippen molar-refractivity contribution in [2.24, 2.45) is 22.2 Å². The van der Waals surface area contributed by atoms with Gasteiger partial charge in [0.05, 0.1) is 29.5 Å². The molecule has 2 aliphatic carbocycles. The Hall–Kier alpha value is -1.45. The highest BCUT2D eigenvalue weighted by Crippen LogP contribution is 2.70. The van der Waals surface area contributed by atoms with Crippen molar-refractivity contribution in [3.05, 3.63) is 42.5 Å². The molecule has 4 aliphatic heterocycles. The largest absolute Gasteiger partial charge is 0.372 e. The van der Waals surface area contributed by atoms with E-state index < -0.39 is 0 Å². The van der Waals surface area contributed by atoms with Gasteiger partial charge < -0.3 is 9.64 Å². The third-order valence-electron chi connectivity index (χ3n) is 7.73. The van der Waals surface area contributed by atoms with Crippen LogP contribution in [-0.2, 0) is 10.2 Å². The van der Waals surface area contributed by atoms with Crippen molar-refractivity contribution in [1.29, 1.82) is 0 Å². The van der Waals surface area contributed by atoms with E-state index in [9.17, 15) is 0 Å². The van der Waals surface area contributed by atoms with E-state index in [0.717, 1.165) is 19.6 Å². The highest BCUT2D eigenvalue weighted by atomic mass is 16.5. The van der Waals surface area contributed by atoms with Crippen molar-refractivity contribution in [1.82, 2.24) is 4.90 Å². The van der Waals surface area contributed by atoms with Crippen molar-refractivity contribution in [2.75, 3.05) is 20.2 Å². The minimum atomic E-state index is 0.0347. The fourth-order valence-corrected chi connectivity index (χ4v) is 6.95. The molecule has 6 aliphatic rings. The molecule has 0 aromatic heterocycles. The highest BCUT2D eigenvalue weighted by molar-refractivity contribution is 6.07. The normalized spacial score (nSPS) is 48.8. The van der Waals surface area contributed by atoms with Crippen molar-refractivity contribution >= 4 is 11.4 Å². The molecule has 1 spiro atoms. The molecule has 23 heavy (non-hydrogen) atoms. The Morgan fingerprint density at radius 3 is 3.13 bits per heavy atom. The van der Waals surface area contributed by atoms with E-state index >= 15 is 0 Å². The number of hydrogen-bond acceptors (Lipinski definition) is 3. The quantitative estimate of drug-likeness (QED) is 0.745. The highest BCUT2D eigenvalue weighted by Gasteiger charge is 2.74. The maximum absolute atomic E-state index is 6.32. The second-order valence-electron chi connectivity index (χ2n) is 8.18. The number of ether oxygens (including phenoxy) is 1. The molecule has 7 rings (SSSR count). The molecule has 0 N–H and O–H groups in total. The standard InChI is InChI=1S/C20H22N2O/c1-3-19-11-22(2)16-9-20(19)13-6-4-5-7-15(13)21-18(20)17-8-14(19)12(16)10-23-17/h3-7,12,14,16-17H,1,8-11H2,2H3/t12-,14+,16-,17-,19-,20-/m0/s1. The lowest BCUT2D eigenvalue weighted by atomic mass is 9.38. The van der Waals surface area contributed by atoms with E-state index in [1.54, 1.807) is 0 Å². The van der Waals surface area contributed by atoms with Crippen molar-refractivity contribution in [3.8, 4) is 0 Å². The maximum Gasteiger partial charge on any atom is 0.0968 e. The van der Waals surface area contributed by atoms with Gasteiger partial charge in [0.15, 0.2) is 0 Å². The number of hydrogen-bond donors (Lipinski definition) is 0. The summed E-state index contributed by atoms with van der Waals surface area (Å²) in [7, 11) is 2.29. The van der Waals surface area contributed by atoms with Crippen LogP contribution in [0.2, 0.25) is 0 Å². The molecule has 5 fully saturated rings. The Kier molecular flexibility index (Phi) is 2.12. The first-order valence-corrected chi connectivity index (χ1v) is 8.85. The lowest BCUT2D eigenvalue weighted by Crippen LogP contribution is -2.78. The van der Waals surface area contributed by atoms with Gasteiger partial charge in [0.2, 0.25) is 0 Å². The van der Waals surface area contributed by atoms with Gasteiger partial charge in [-0.2, -0.15) is 0 Å². The van der Waals surface area contributed by atoms with E-state index in [1.165, 1.54) is 23.4 Å². The zero-order valence-corrected chi connectivity index (χ0v) is 13.5. The second-order valence-corrected chi connectivity index (χ2v) is 8.18. The first-order chi connectivity index (χ1) is 11.2. The summed E-state index contributed by atoms with van der Waals surface area (Å²) in [5.74, 6) is 1.35. The van der Waals surface area contributed by atoms with Crippen LogP contribution in [0.1, 0.15) is 18.4 Å². The van der Waals surface area contributed by atoms with Gasteiger partial charge in [-0.25, -0.2) is 0 Å². The Bertz CT molecular complexity index is 771. The number of benzene rings is 1. The summed E-state index contributed by atoms with van der Waals surface area (Å²) in [4.78, 5) is 7.70. The van der Waals surface area contributed by atoms with E-state index in [4.69, 9.17) is 9.73 Å². The van der Waals surface area contributed by atoms with Gasteiger partial charge in [0.1, 0.15) is 0 Å².